The Labute approximate surface area is 103 Å². The lowest BCUT2D eigenvalue weighted by Gasteiger charge is -2.33. The van der Waals surface area contributed by atoms with Gasteiger partial charge in [-0.05, 0) is 31.2 Å². The van der Waals surface area contributed by atoms with E-state index in [1.807, 2.05) is 6.92 Å². The van der Waals surface area contributed by atoms with Crippen molar-refractivity contribution >= 4 is 5.91 Å². The molecule has 1 amide bonds. The molecular weight excluding hydrogens is 218 g/mol. The molecule has 0 bridgehead atoms. The molecule has 2 fully saturated rings. The molecule has 5 nitrogen and oxygen atoms in total. The highest BCUT2D eigenvalue weighted by Gasteiger charge is 2.39. The first-order valence-electron chi connectivity index (χ1n) is 6.46. The molecule has 2 aliphatic rings. The number of nitrogens with one attached hydrogen (secondary N) is 1. The summed E-state index contributed by atoms with van der Waals surface area (Å²) in [5.41, 5.74) is 2.68. The van der Waals surface area contributed by atoms with Gasteiger partial charge in [0.2, 0.25) is 5.91 Å². The molecule has 0 saturated carbocycles. The molecule has 1 atom stereocenters. The van der Waals surface area contributed by atoms with Crippen molar-refractivity contribution in [2.24, 2.45) is 17.2 Å². The SMILES string of the molecule is CC(CN1CCC2(CCOCC2)C1)C(=O)NN. The summed E-state index contributed by atoms with van der Waals surface area (Å²) < 4.78 is 5.43. The van der Waals surface area contributed by atoms with Crippen LogP contribution in [0.3, 0.4) is 0 Å². The topological polar surface area (TPSA) is 67.6 Å². The first-order valence-corrected chi connectivity index (χ1v) is 6.46. The van der Waals surface area contributed by atoms with Gasteiger partial charge >= 0.3 is 0 Å². The van der Waals surface area contributed by atoms with Gasteiger partial charge in [-0.1, -0.05) is 6.92 Å². The van der Waals surface area contributed by atoms with E-state index in [-0.39, 0.29) is 11.8 Å². The molecule has 2 aliphatic heterocycles. The Kier molecular flexibility index (Phi) is 4.01. The number of hydrogen-bond donors (Lipinski definition) is 2. The summed E-state index contributed by atoms with van der Waals surface area (Å²) in [4.78, 5) is 13.8. The van der Waals surface area contributed by atoms with E-state index in [1.54, 1.807) is 0 Å². The molecule has 1 unspecified atom stereocenters. The second-order valence-corrected chi connectivity index (χ2v) is 5.51. The lowest BCUT2D eigenvalue weighted by molar-refractivity contribution is -0.125. The minimum absolute atomic E-state index is 0.0324. The normalized spacial score (nSPS) is 26.0. The average Bonchev–Trinajstić information content (AvgIpc) is 2.72. The molecule has 2 rings (SSSR count). The van der Waals surface area contributed by atoms with E-state index >= 15 is 0 Å². The number of carbonyl (C=O) groups is 1. The number of hydrogen-bond acceptors (Lipinski definition) is 4. The number of ether oxygens (including phenoxy) is 1. The number of rotatable bonds is 3. The largest absolute Gasteiger partial charge is 0.381 e. The third kappa shape index (κ3) is 2.97. The second-order valence-electron chi connectivity index (χ2n) is 5.51. The highest BCUT2D eigenvalue weighted by molar-refractivity contribution is 5.77. The zero-order valence-corrected chi connectivity index (χ0v) is 10.6. The summed E-state index contributed by atoms with van der Waals surface area (Å²) in [5.74, 6) is 5.05. The van der Waals surface area contributed by atoms with Crippen LogP contribution in [-0.2, 0) is 9.53 Å². The van der Waals surface area contributed by atoms with Crippen molar-refractivity contribution in [1.29, 1.82) is 0 Å². The van der Waals surface area contributed by atoms with E-state index < -0.39 is 0 Å². The van der Waals surface area contributed by atoms with E-state index in [4.69, 9.17) is 10.6 Å². The Hall–Kier alpha value is -0.650. The minimum Gasteiger partial charge on any atom is -0.381 e. The Balaban J connectivity index is 1.83. The fourth-order valence-electron chi connectivity index (χ4n) is 3.01. The predicted octanol–water partition coefficient (Wildman–Crippen LogP) is 0.115. The van der Waals surface area contributed by atoms with Crippen molar-refractivity contribution < 1.29 is 9.53 Å². The minimum atomic E-state index is -0.0714. The smallest absolute Gasteiger partial charge is 0.237 e. The van der Waals surface area contributed by atoms with E-state index in [1.165, 1.54) is 19.3 Å². The molecular formula is C12H23N3O2. The maximum absolute atomic E-state index is 11.4. The Bertz CT molecular complexity index is 277. The third-order valence-corrected chi connectivity index (χ3v) is 4.19. The molecule has 1 spiro atoms. The van der Waals surface area contributed by atoms with Gasteiger partial charge in [-0.3, -0.25) is 10.2 Å². The quantitative estimate of drug-likeness (QED) is 0.418. The van der Waals surface area contributed by atoms with Crippen molar-refractivity contribution in [3.8, 4) is 0 Å². The molecule has 17 heavy (non-hydrogen) atoms. The zero-order chi connectivity index (χ0) is 12.3. The number of likely N-dealkylation sites (tertiary alicyclic amines) is 1. The van der Waals surface area contributed by atoms with Gasteiger partial charge in [-0.2, -0.15) is 0 Å². The molecule has 0 aromatic heterocycles. The fourth-order valence-corrected chi connectivity index (χ4v) is 3.01. The first kappa shape index (κ1) is 12.8. The molecule has 0 aromatic rings. The monoisotopic (exact) mass is 241 g/mol. The van der Waals surface area contributed by atoms with Crippen LogP contribution in [0.4, 0.5) is 0 Å². The molecule has 2 saturated heterocycles. The van der Waals surface area contributed by atoms with Gasteiger partial charge in [0.05, 0.1) is 0 Å². The van der Waals surface area contributed by atoms with Crippen molar-refractivity contribution in [2.75, 3.05) is 32.8 Å². The van der Waals surface area contributed by atoms with Gasteiger partial charge in [0.15, 0.2) is 0 Å². The van der Waals surface area contributed by atoms with Crippen LogP contribution >= 0.6 is 0 Å². The van der Waals surface area contributed by atoms with Gasteiger partial charge < -0.3 is 9.64 Å². The predicted molar refractivity (Wildman–Crippen MR) is 65.0 cm³/mol. The second kappa shape index (κ2) is 5.33. The Morgan fingerprint density at radius 2 is 2.18 bits per heavy atom. The zero-order valence-electron chi connectivity index (χ0n) is 10.6. The molecule has 2 heterocycles. The summed E-state index contributed by atoms with van der Waals surface area (Å²) in [7, 11) is 0. The van der Waals surface area contributed by atoms with E-state index in [2.05, 4.69) is 10.3 Å². The molecule has 0 aliphatic carbocycles. The summed E-state index contributed by atoms with van der Waals surface area (Å²) in [5, 5.41) is 0. The lowest BCUT2D eigenvalue weighted by Crippen LogP contribution is -2.41. The van der Waals surface area contributed by atoms with Crippen LogP contribution in [0.1, 0.15) is 26.2 Å². The maximum atomic E-state index is 11.4. The van der Waals surface area contributed by atoms with Crippen LogP contribution in [-0.4, -0.2) is 43.7 Å². The fraction of sp³-hybridized carbons (Fsp3) is 0.917. The number of carbonyl (C=O) groups excluding carboxylic acids is 1. The summed E-state index contributed by atoms with van der Waals surface area (Å²) in [6.45, 7) is 6.74. The average molecular weight is 241 g/mol. The third-order valence-electron chi connectivity index (χ3n) is 4.19. The van der Waals surface area contributed by atoms with Gasteiger partial charge in [0.25, 0.3) is 0 Å². The van der Waals surface area contributed by atoms with Crippen LogP contribution < -0.4 is 11.3 Å². The molecule has 0 radical (unpaired) electrons. The number of nitrogens with zero attached hydrogens (tertiary/aromatic N) is 1. The Morgan fingerprint density at radius 3 is 2.82 bits per heavy atom. The van der Waals surface area contributed by atoms with Crippen LogP contribution in [0.2, 0.25) is 0 Å². The van der Waals surface area contributed by atoms with Crippen molar-refractivity contribution in [2.45, 2.75) is 26.2 Å². The van der Waals surface area contributed by atoms with Crippen LogP contribution in [0, 0.1) is 11.3 Å². The van der Waals surface area contributed by atoms with E-state index in [9.17, 15) is 4.79 Å². The van der Waals surface area contributed by atoms with Crippen LogP contribution in [0.25, 0.3) is 0 Å². The van der Waals surface area contributed by atoms with E-state index in [0.717, 1.165) is 32.8 Å². The summed E-state index contributed by atoms with van der Waals surface area (Å²) in [6.07, 6.45) is 3.58. The van der Waals surface area contributed by atoms with Crippen LogP contribution in [0.15, 0.2) is 0 Å². The van der Waals surface area contributed by atoms with Gasteiger partial charge in [0.1, 0.15) is 0 Å². The molecule has 3 N–H and O–H groups in total. The summed E-state index contributed by atoms with van der Waals surface area (Å²) in [6, 6.07) is 0. The molecule has 5 heteroatoms. The first-order chi connectivity index (χ1) is 8.15. The number of nitrogens with two attached hydrogens (primary N) is 1. The van der Waals surface area contributed by atoms with Gasteiger partial charge in [-0.25, -0.2) is 5.84 Å². The van der Waals surface area contributed by atoms with E-state index in [0.29, 0.717) is 5.41 Å². The Morgan fingerprint density at radius 1 is 1.47 bits per heavy atom. The summed E-state index contributed by atoms with van der Waals surface area (Å²) >= 11 is 0. The number of hydrazine groups is 1. The maximum Gasteiger partial charge on any atom is 0.237 e. The van der Waals surface area contributed by atoms with Gasteiger partial charge in [0, 0.05) is 32.2 Å². The highest BCUT2D eigenvalue weighted by atomic mass is 16.5. The number of amides is 1. The van der Waals surface area contributed by atoms with Gasteiger partial charge in [-0.15, -0.1) is 0 Å². The van der Waals surface area contributed by atoms with Crippen molar-refractivity contribution in [3.05, 3.63) is 0 Å². The van der Waals surface area contributed by atoms with Crippen molar-refractivity contribution in [3.63, 3.8) is 0 Å². The van der Waals surface area contributed by atoms with Crippen LogP contribution in [0.5, 0.6) is 0 Å². The molecule has 0 aromatic carbocycles. The lowest BCUT2D eigenvalue weighted by atomic mass is 9.80. The van der Waals surface area contributed by atoms with Crippen molar-refractivity contribution in [1.82, 2.24) is 10.3 Å². The highest BCUT2D eigenvalue weighted by Crippen LogP contribution is 2.39. The molecule has 98 valence electrons. The standard InChI is InChI=1S/C12H23N3O2/c1-10(11(16)14-13)8-15-5-2-12(9-15)3-6-17-7-4-12/h10H,2-9,13H2,1H3,(H,14,16).